The van der Waals surface area contributed by atoms with Gasteiger partial charge in [0, 0.05) is 12.2 Å². The Labute approximate surface area is 95.6 Å². The van der Waals surface area contributed by atoms with Gasteiger partial charge in [-0.25, -0.2) is 0 Å². The van der Waals surface area contributed by atoms with E-state index in [0.29, 0.717) is 5.75 Å². The summed E-state index contributed by atoms with van der Waals surface area (Å²) in [5, 5.41) is 12.6. The number of aryl methyl sites for hydroxylation is 1. The quantitative estimate of drug-likeness (QED) is 0.819. The van der Waals surface area contributed by atoms with Crippen molar-refractivity contribution in [3.05, 3.63) is 59.7 Å². The molecule has 0 radical (unpaired) electrons. The number of hydrogen-bond acceptors (Lipinski definition) is 2. The van der Waals surface area contributed by atoms with Gasteiger partial charge < -0.3 is 10.4 Å². The molecule has 82 valence electrons. The molecule has 2 heteroatoms. The lowest BCUT2D eigenvalue weighted by molar-refractivity contribution is 0.474. The van der Waals surface area contributed by atoms with Crippen LogP contribution in [0.1, 0.15) is 11.1 Å². The number of anilines is 1. The summed E-state index contributed by atoms with van der Waals surface area (Å²) in [4.78, 5) is 0. The number of phenols is 1. The summed E-state index contributed by atoms with van der Waals surface area (Å²) in [5.41, 5.74) is 3.41. The largest absolute Gasteiger partial charge is 0.508 e. The molecule has 0 unspecified atom stereocenters. The molecule has 16 heavy (non-hydrogen) atoms. The third kappa shape index (κ3) is 2.76. The second kappa shape index (κ2) is 4.71. The first kappa shape index (κ1) is 10.6. The van der Waals surface area contributed by atoms with Crippen molar-refractivity contribution in [3.63, 3.8) is 0 Å². The van der Waals surface area contributed by atoms with E-state index in [0.717, 1.165) is 17.8 Å². The number of nitrogens with one attached hydrogen (secondary N) is 1. The van der Waals surface area contributed by atoms with Crippen LogP contribution >= 0.6 is 0 Å². The molecule has 2 aromatic rings. The van der Waals surface area contributed by atoms with Crippen LogP contribution in [0.5, 0.6) is 5.75 Å². The van der Waals surface area contributed by atoms with E-state index in [1.54, 1.807) is 12.1 Å². The Hall–Kier alpha value is -1.96. The van der Waals surface area contributed by atoms with Crippen molar-refractivity contribution in [1.29, 1.82) is 0 Å². The van der Waals surface area contributed by atoms with Crippen LogP contribution in [0.2, 0.25) is 0 Å². The van der Waals surface area contributed by atoms with Gasteiger partial charge in [-0.15, -0.1) is 0 Å². The average molecular weight is 213 g/mol. The number of rotatable bonds is 3. The van der Waals surface area contributed by atoms with E-state index in [2.05, 4.69) is 36.5 Å². The fourth-order valence-electron chi connectivity index (χ4n) is 1.54. The Morgan fingerprint density at radius 2 is 1.81 bits per heavy atom. The van der Waals surface area contributed by atoms with Crippen molar-refractivity contribution < 1.29 is 5.11 Å². The summed E-state index contributed by atoms with van der Waals surface area (Å²) in [5.74, 6) is 0.309. The predicted octanol–water partition coefficient (Wildman–Crippen LogP) is 3.31. The molecule has 2 rings (SSSR count). The maximum absolute atomic E-state index is 9.32. The van der Waals surface area contributed by atoms with E-state index in [-0.39, 0.29) is 0 Å². The first-order valence-corrected chi connectivity index (χ1v) is 5.32. The summed E-state index contributed by atoms with van der Waals surface area (Å²) in [6.07, 6.45) is 0. The normalized spacial score (nSPS) is 10.1. The molecule has 2 aromatic carbocycles. The second-order valence-electron chi connectivity index (χ2n) is 3.89. The predicted molar refractivity (Wildman–Crippen MR) is 66.6 cm³/mol. The highest BCUT2D eigenvalue weighted by atomic mass is 16.3. The molecule has 2 nitrogen and oxygen atoms in total. The van der Waals surface area contributed by atoms with Gasteiger partial charge >= 0.3 is 0 Å². The van der Waals surface area contributed by atoms with Gasteiger partial charge in [-0.3, -0.25) is 0 Å². The molecule has 0 saturated heterocycles. The summed E-state index contributed by atoms with van der Waals surface area (Å²) < 4.78 is 0. The second-order valence-corrected chi connectivity index (χ2v) is 3.89. The van der Waals surface area contributed by atoms with Crippen LogP contribution in [0.15, 0.2) is 48.5 Å². The number of benzene rings is 2. The van der Waals surface area contributed by atoms with E-state index in [1.165, 1.54) is 5.56 Å². The molecule has 0 fully saturated rings. The zero-order valence-electron chi connectivity index (χ0n) is 9.27. The lowest BCUT2D eigenvalue weighted by Crippen LogP contribution is -1.98. The first-order chi connectivity index (χ1) is 7.74. The van der Waals surface area contributed by atoms with Crippen molar-refractivity contribution in [2.75, 3.05) is 5.32 Å². The summed E-state index contributed by atoms with van der Waals surface area (Å²) in [6.45, 7) is 2.79. The Morgan fingerprint density at radius 1 is 1.06 bits per heavy atom. The fraction of sp³-hybridized carbons (Fsp3) is 0.143. The molecular weight excluding hydrogens is 198 g/mol. The third-order valence-electron chi connectivity index (χ3n) is 2.46. The van der Waals surface area contributed by atoms with Crippen LogP contribution in [0.25, 0.3) is 0 Å². The van der Waals surface area contributed by atoms with E-state index in [4.69, 9.17) is 0 Å². The van der Waals surface area contributed by atoms with Gasteiger partial charge in [-0.05, 0) is 36.8 Å². The monoisotopic (exact) mass is 213 g/mol. The molecule has 0 aliphatic heterocycles. The van der Waals surface area contributed by atoms with Crippen LogP contribution < -0.4 is 5.32 Å². The van der Waals surface area contributed by atoms with Gasteiger partial charge in [0.25, 0.3) is 0 Å². The van der Waals surface area contributed by atoms with Gasteiger partial charge in [-0.2, -0.15) is 0 Å². The number of hydrogen-bond donors (Lipinski definition) is 2. The molecule has 0 aromatic heterocycles. The Balaban J connectivity index is 1.99. The highest BCUT2D eigenvalue weighted by molar-refractivity contribution is 5.45. The van der Waals surface area contributed by atoms with Crippen molar-refractivity contribution in [1.82, 2.24) is 0 Å². The lowest BCUT2D eigenvalue weighted by Gasteiger charge is -2.07. The zero-order valence-corrected chi connectivity index (χ0v) is 9.27. The number of phenolic OH excluding ortho intramolecular Hbond substituents is 1. The topological polar surface area (TPSA) is 32.3 Å². The van der Waals surface area contributed by atoms with Crippen LogP contribution in [-0.4, -0.2) is 5.11 Å². The minimum atomic E-state index is 0.309. The van der Waals surface area contributed by atoms with E-state index in [9.17, 15) is 5.11 Å². The van der Waals surface area contributed by atoms with E-state index >= 15 is 0 Å². The summed E-state index contributed by atoms with van der Waals surface area (Å²) in [6, 6.07) is 15.5. The molecule has 0 aliphatic rings. The van der Waals surface area contributed by atoms with Crippen LogP contribution in [0.3, 0.4) is 0 Å². The van der Waals surface area contributed by atoms with Crippen LogP contribution in [0, 0.1) is 6.92 Å². The molecule has 0 heterocycles. The SMILES string of the molecule is Cc1ccc(NCc2cccc(O)c2)cc1. The maximum Gasteiger partial charge on any atom is 0.115 e. The molecule has 0 aliphatic carbocycles. The highest BCUT2D eigenvalue weighted by Gasteiger charge is 1.95. The Morgan fingerprint density at radius 3 is 2.50 bits per heavy atom. The first-order valence-electron chi connectivity index (χ1n) is 5.32. The molecular formula is C14H15NO. The van der Waals surface area contributed by atoms with Crippen molar-refractivity contribution >= 4 is 5.69 Å². The van der Waals surface area contributed by atoms with Gasteiger partial charge in [0.1, 0.15) is 5.75 Å². The fourth-order valence-corrected chi connectivity index (χ4v) is 1.54. The highest BCUT2D eigenvalue weighted by Crippen LogP contribution is 2.14. The maximum atomic E-state index is 9.32. The lowest BCUT2D eigenvalue weighted by atomic mass is 10.2. The zero-order chi connectivity index (χ0) is 11.4. The number of aromatic hydroxyl groups is 1. The van der Waals surface area contributed by atoms with Crippen LogP contribution in [-0.2, 0) is 6.54 Å². The van der Waals surface area contributed by atoms with Gasteiger partial charge in [0.05, 0.1) is 0 Å². The summed E-state index contributed by atoms with van der Waals surface area (Å²) in [7, 11) is 0. The standard InChI is InChI=1S/C14H15NO/c1-11-5-7-13(8-6-11)15-10-12-3-2-4-14(16)9-12/h2-9,15-16H,10H2,1H3. The van der Waals surface area contributed by atoms with Gasteiger partial charge in [0.2, 0.25) is 0 Å². The van der Waals surface area contributed by atoms with E-state index in [1.807, 2.05) is 12.1 Å². The average Bonchev–Trinajstić information content (AvgIpc) is 2.28. The van der Waals surface area contributed by atoms with Crippen molar-refractivity contribution in [3.8, 4) is 5.75 Å². The van der Waals surface area contributed by atoms with Crippen molar-refractivity contribution in [2.45, 2.75) is 13.5 Å². The molecule has 0 amide bonds. The molecule has 0 saturated carbocycles. The molecule has 0 bridgehead atoms. The minimum Gasteiger partial charge on any atom is -0.508 e. The van der Waals surface area contributed by atoms with Gasteiger partial charge in [-0.1, -0.05) is 29.8 Å². The molecule has 2 N–H and O–H groups in total. The smallest absolute Gasteiger partial charge is 0.115 e. The van der Waals surface area contributed by atoms with Gasteiger partial charge in [0.15, 0.2) is 0 Å². The van der Waals surface area contributed by atoms with Crippen LogP contribution in [0.4, 0.5) is 5.69 Å². The third-order valence-corrected chi connectivity index (χ3v) is 2.46. The Bertz CT molecular complexity index is 462. The minimum absolute atomic E-state index is 0.309. The molecule has 0 atom stereocenters. The summed E-state index contributed by atoms with van der Waals surface area (Å²) >= 11 is 0. The van der Waals surface area contributed by atoms with E-state index < -0.39 is 0 Å². The molecule has 0 spiro atoms. The Kier molecular flexibility index (Phi) is 3.10. The van der Waals surface area contributed by atoms with Crippen molar-refractivity contribution in [2.24, 2.45) is 0 Å².